The van der Waals surface area contributed by atoms with Gasteiger partial charge in [-0.1, -0.05) is 18.2 Å². The Morgan fingerprint density at radius 3 is 2.23 bits per heavy atom. The van der Waals surface area contributed by atoms with Crippen molar-refractivity contribution in [1.82, 2.24) is 4.98 Å². The van der Waals surface area contributed by atoms with Crippen LogP contribution in [0, 0.1) is 0 Å². The Morgan fingerprint density at radius 2 is 1.57 bits per heavy atom. The summed E-state index contributed by atoms with van der Waals surface area (Å²) in [5, 5.41) is 3.79. The number of carbonyl (C=O) groups excluding carboxylic acids is 1. The molecule has 1 N–H and O–H groups in total. The molecule has 0 fully saturated rings. The lowest BCUT2D eigenvalue weighted by molar-refractivity contribution is 0.102. The number of hydrogen-bond donors (Lipinski definition) is 1. The minimum atomic E-state index is -0.357. The van der Waals surface area contributed by atoms with Crippen molar-refractivity contribution in [2.45, 2.75) is 0 Å². The lowest BCUT2D eigenvalue weighted by Crippen LogP contribution is -2.15. The molecule has 4 rings (SSSR count). The van der Waals surface area contributed by atoms with Crippen LogP contribution in [-0.2, 0) is 0 Å². The molecule has 0 saturated heterocycles. The summed E-state index contributed by atoms with van der Waals surface area (Å²) >= 11 is 1.60. The fraction of sp³-hybridized carbons (Fsp3) is 0.130. The summed E-state index contributed by atoms with van der Waals surface area (Å²) in [6.45, 7) is 0. The smallest absolute Gasteiger partial charge is 0.263 e. The first-order valence-electron chi connectivity index (χ1n) is 9.21. The zero-order valence-electron chi connectivity index (χ0n) is 16.8. The molecule has 3 aromatic carbocycles. The Morgan fingerprint density at radius 1 is 0.867 bits per heavy atom. The number of ether oxygens (including phenoxy) is 3. The molecule has 1 heterocycles. The molecule has 0 aliphatic rings. The van der Waals surface area contributed by atoms with Gasteiger partial charge >= 0.3 is 0 Å². The summed E-state index contributed by atoms with van der Waals surface area (Å²) in [6, 6.07) is 18.8. The van der Waals surface area contributed by atoms with E-state index in [1.165, 1.54) is 14.2 Å². The summed E-state index contributed by atoms with van der Waals surface area (Å²) < 4.78 is 17.3. The number of methoxy groups -OCH3 is 3. The number of hydrogen-bond acceptors (Lipinski definition) is 6. The Kier molecular flexibility index (Phi) is 5.54. The normalized spacial score (nSPS) is 10.6. The van der Waals surface area contributed by atoms with Gasteiger partial charge in [0.1, 0.15) is 27.8 Å². The second kappa shape index (κ2) is 8.42. The molecule has 0 aliphatic heterocycles. The van der Waals surface area contributed by atoms with E-state index in [0.717, 1.165) is 20.8 Å². The molecule has 0 saturated carbocycles. The second-order valence-corrected chi connectivity index (χ2v) is 7.42. The molecule has 4 aromatic rings. The molecule has 1 amide bonds. The average molecular weight is 420 g/mol. The number of carbonyl (C=O) groups is 1. The first kappa shape index (κ1) is 19.7. The maximum atomic E-state index is 13.1. The van der Waals surface area contributed by atoms with Gasteiger partial charge in [0.15, 0.2) is 0 Å². The van der Waals surface area contributed by atoms with Crippen LogP contribution in [0.2, 0.25) is 0 Å². The van der Waals surface area contributed by atoms with Crippen LogP contribution in [0.5, 0.6) is 17.2 Å². The molecule has 30 heavy (non-hydrogen) atoms. The van der Waals surface area contributed by atoms with Crippen molar-refractivity contribution in [3.05, 3.63) is 66.2 Å². The first-order valence-corrected chi connectivity index (χ1v) is 10.0. The highest BCUT2D eigenvalue weighted by molar-refractivity contribution is 7.21. The SMILES string of the molecule is COc1ccc(-c2nc3ccccc3s2)cc1NC(=O)c1c(OC)cccc1OC. The van der Waals surface area contributed by atoms with Gasteiger partial charge in [-0.15, -0.1) is 11.3 Å². The van der Waals surface area contributed by atoms with Crippen LogP contribution in [0.25, 0.3) is 20.8 Å². The predicted molar refractivity (Wildman–Crippen MR) is 119 cm³/mol. The largest absolute Gasteiger partial charge is 0.496 e. The minimum absolute atomic E-state index is 0.315. The van der Waals surface area contributed by atoms with E-state index in [-0.39, 0.29) is 5.91 Å². The highest BCUT2D eigenvalue weighted by atomic mass is 32.1. The zero-order chi connectivity index (χ0) is 21.1. The van der Waals surface area contributed by atoms with Gasteiger partial charge in [-0.25, -0.2) is 4.98 Å². The molecule has 6 nitrogen and oxygen atoms in total. The molecule has 0 atom stereocenters. The molecule has 0 bridgehead atoms. The van der Waals surface area contributed by atoms with Gasteiger partial charge in [0, 0.05) is 5.56 Å². The van der Waals surface area contributed by atoms with Crippen LogP contribution in [0.1, 0.15) is 10.4 Å². The number of rotatable bonds is 6. The van der Waals surface area contributed by atoms with Gasteiger partial charge in [0.05, 0.1) is 37.2 Å². The third kappa shape index (κ3) is 3.67. The molecule has 7 heteroatoms. The van der Waals surface area contributed by atoms with Gasteiger partial charge in [0.2, 0.25) is 0 Å². The van der Waals surface area contributed by atoms with E-state index in [0.29, 0.717) is 28.5 Å². The van der Waals surface area contributed by atoms with Crippen LogP contribution in [-0.4, -0.2) is 32.2 Å². The van der Waals surface area contributed by atoms with Crippen molar-refractivity contribution in [2.24, 2.45) is 0 Å². The molecule has 1 aromatic heterocycles. The van der Waals surface area contributed by atoms with Crippen molar-refractivity contribution in [3.8, 4) is 27.8 Å². The monoisotopic (exact) mass is 420 g/mol. The summed E-state index contributed by atoms with van der Waals surface area (Å²) in [4.78, 5) is 17.8. The number of nitrogens with one attached hydrogen (secondary N) is 1. The number of amides is 1. The maximum absolute atomic E-state index is 13.1. The molecule has 0 aliphatic carbocycles. The number of para-hydroxylation sites is 1. The molecular weight excluding hydrogens is 400 g/mol. The Labute approximate surface area is 178 Å². The van der Waals surface area contributed by atoms with E-state index >= 15 is 0 Å². The Balaban J connectivity index is 1.72. The van der Waals surface area contributed by atoms with E-state index in [9.17, 15) is 4.79 Å². The van der Waals surface area contributed by atoms with Crippen LogP contribution in [0.3, 0.4) is 0 Å². The minimum Gasteiger partial charge on any atom is -0.496 e. The van der Waals surface area contributed by atoms with Crippen LogP contribution < -0.4 is 19.5 Å². The molecule has 152 valence electrons. The standard InChI is InChI=1S/C23H20N2O4S/c1-27-17-12-11-14(23-25-15-7-4-5-10-20(15)30-23)13-16(17)24-22(26)21-18(28-2)8-6-9-19(21)29-3/h4-13H,1-3H3,(H,24,26). The van der Waals surface area contributed by atoms with Crippen LogP contribution in [0.4, 0.5) is 5.69 Å². The van der Waals surface area contributed by atoms with Crippen molar-refractivity contribution in [2.75, 3.05) is 26.6 Å². The quantitative estimate of drug-likeness (QED) is 0.462. The fourth-order valence-corrected chi connectivity index (χ4v) is 4.16. The third-order valence-electron chi connectivity index (χ3n) is 4.64. The lowest BCUT2D eigenvalue weighted by atomic mass is 10.1. The van der Waals surface area contributed by atoms with Crippen LogP contribution in [0.15, 0.2) is 60.7 Å². The highest BCUT2D eigenvalue weighted by Gasteiger charge is 2.20. The molecule has 0 spiro atoms. The topological polar surface area (TPSA) is 69.7 Å². The number of aromatic nitrogens is 1. The van der Waals surface area contributed by atoms with Crippen molar-refractivity contribution in [3.63, 3.8) is 0 Å². The molecular formula is C23H20N2O4S. The third-order valence-corrected chi connectivity index (χ3v) is 5.73. The summed E-state index contributed by atoms with van der Waals surface area (Å²) in [5.41, 5.74) is 2.68. The number of nitrogens with zero attached hydrogens (tertiary/aromatic N) is 1. The number of fused-ring (bicyclic) bond motifs is 1. The zero-order valence-corrected chi connectivity index (χ0v) is 17.6. The Hall–Kier alpha value is -3.58. The molecule has 0 unspecified atom stereocenters. The predicted octanol–water partition coefficient (Wildman–Crippen LogP) is 5.24. The Bertz CT molecular complexity index is 1160. The van der Waals surface area contributed by atoms with Gasteiger partial charge in [-0.05, 0) is 42.5 Å². The van der Waals surface area contributed by atoms with E-state index < -0.39 is 0 Å². The van der Waals surface area contributed by atoms with Crippen LogP contribution >= 0.6 is 11.3 Å². The van der Waals surface area contributed by atoms with Crippen molar-refractivity contribution < 1.29 is 19.0 Å². The fourth-order valence-electron chi connectivity index (χ4n) is 3.19. The van der Waals surface area contributed by atoms with E-state index in [4.69, 9.17) is 19.2 Å². The van der Waals surface area contributed by atoms with Crippen molar-refractivity contribution >= 4 is 33.1 Å². The first-order chi connectivity index (χ1) is 14.6. The number of thiazole rings is 1. The van der Waals surface area contributed by atoms with Crippen molar-refractivity contribution in [1.29, 1.82) is 0 Å². The van der Waals surface area contributed by atoms with E-state index in [2.05, 4.69) is 5.32 Å². The number of benzene rings is 3. The lowest BCUT2D eigenvalue weighted by Gasteiger charge is -2.15. The van der Waals surface area contributed by atoms with Gasteiger partial charge in [-0.3, -0.25) is 4.79 Å². The summed E-state index contributed by atoms with van der Waals surface area (Å²) in [5.74, 6) is 1.03. The number of anilines is 1. The highest BCUT2D eigenvalue weighted by Crippen LogP contribution is 2.36. The summed E-state index contributed by atoms with van der Waals surface area (Å²) in [6.07, 6.45) is 0. The van der Waals surface area contributed by atoms with E-state index in [1.807, 2.05) is 42.5 Å². The molecule has 0 radical (unpaired) electrons. The maximum Gasteiger partial charge on any atom is 0.263 e. The summed E-state index contributed by atoms with van der Waals surface area (Å²) in [7, 11) is 4.59. The van der Waals surface area contributed by atoms with Gasteiger partial charge < -0.3 is 19.5 Å². The van der Waals surface area contributed by atoms with Gasteiger partial charge in [0.25, 0.3) is 5.91 Å². The van der Waals surface area contributed by atoms with Gasteiger partial charge in [-0.2, -0.15) is 0 Å². The second-order valence-electron chi connectivity index (χ2n) is 6.39. The van der Waals surface area contributed by atoms with E-state index in [1.54, 1.807) is 36.6 Å². The average Bonchev–Trinajstić information content (AvgIpc) is 3.22.